The molecule has 1 saturated heterocycles. The summed E-state index contributed by atoms with van der Waals surface area (Å²) < 4.78 is 5.97. The summed E-state index contributed by atoms with van der Waals surface area (Å²) in [7, 11) is 2.14. The Morgan fingerprint density at radius 1 is 1.38 bits per heavy atom. The topological polar surface area (TPSA) is 24.5 Å². The van der Waals surface area contributed by atoms with Crippen LogP contribution in [0.4, 0.5) is 0 Å². The van der Waals surface area contributed by atoms with Crippen LogP contribution in [-0.2, 0) is 11.2 Å². The van der Waals surface area contributed by atoms with Gasteiger partial charge in [-0.05, 0) is 44.1 Å². The first-order chi connectivity index (χ1) is 10.1. The Bertz CT molecular complexity index is 456. The maximum absolute atomic E-state index is 6.12. The Labute approximate surface area is 137 Å². The van der Waals surface area contributed by atoms with E-state index >= 15 is 0 Å². The molecule has 2 rings (SSSR count). The van der Waals surface area contributed by atoms with Crippen molar-refractivity contribution >= 4 is 23.2 Å². The van der Waals surface area contributed by atoms with Gasteiger partial charge < -0.3 is 15.0 Å². The average Bonchev–Trinajstić information content (AvgIpc) is 2.47. The number of nitrogens with one attached hydrogen (secondary N) is 1. The summed E-state index contributed by atoms with van der Waals surface area (Å²) in [4.78, 5) is 2.32. The summed E-state index contributed by atoms with van der Waals surface area (Å²) in [6.07, 6.45) is 2.22. The third-order valence-corrected chi connectivity index (χ3v) is 4.58. The fraction of sp³-hybridized carbons (Fsp3) is 0.625. The van der Waals surface area contributed by atoms with Gasteiger partial charge in [0.1, 0.15) is 0 Å². The van der Waals surface area contributed by atoms with Crippen molar-refractivity contribution in [2.45, 2.75) is 31.9 Å². The van der Waals surface area contributed by atoms with E-state index in [0.29, 0.717) is 16.1 Å². The van der Waals surface area contributed by atoms with Crippen molar-refractivity contribution in [3.63, 3.8) is 0 Å². The Balaban J connectivity index is 2.05. The van der Waals surface area contributed by atoms with Crippen LogP contribution in [0.1, 0.15) is 18.9 Å². The van der Waals surface area contributed by atoms with Crippen LogP contribution in [-0.4, -0.2) is 50.3 Å². The predicted octanol–water partition coefficient (Wildman–Crippen LogP) is 3.23. The maximum atomic E-state index is 6.12. The Morgan fingerprint density at radius 2 is 2.19 bits per heavy atom. The molecular weight excluding hydrogens is 307 g/mol. The Kier molecular flexibility index (Phi) is 6.77. The zero-order valence-electron chi connectivity index (χ0n) is 12.7. The highest BCUT2D eigenvalue weighted by atomic mass is 35.5. The average molecular weight is 331 g/mol. The molecule has 5 heteroatoms. The molecule has 1 heterocycles. The fourth-order valence-corrected chi connectivity index (χ4v) is 2.96. The molecule has 0 aromatic heterocycles. The van der Waals surface area contributed by atoms with Crippen molar-refractivity contribution in [3.05, 3.63) is 33.8 Å². The number of morpholine rings is 1. The van der Waals surface area contributed by atoms with Crippen molar-refractivity contribution in [1.82, 2.24) is 10.2 Å². The molecule has 0 aliphatic carbocycles. The molecule has 3 nitrogen and oxygen atoms in total. The summed E-state index contributed by atoms with van der Waals surface area (Å²) in [6, 6.07) is 6.16. The Morgan fingerprint density at radius 3 is 2.86 bits per heavy atom. The summed E-state index contributed by atoms with van der Waals surface area (Å²) in [5.74, 6) is 0. The van der Waals surface area contributed by atoms with Gasteiger partial charge in [-0.2, -0.15) is 0 Å². The number of nitrogens with zero attached hydrogens (tertiary/aromatic N) is 1. The zero-order chi connectivity index (χ0) is 15.2. The normalized spacial score (nSPS) is 21.4. The lowest BCUT2D eigenvalue weighted by molar-refractivity contribution is -0.0383. The van der Waals surface area contributed by atoms with Crippen molar-refractivity contribution in [3.8, 4) is 0 Å². The number of rotatable bonds is 6. The smallest absolute Gasteiger partial charge is 0.0858 e. The van der Waals surface area contributed by atoms with E-state index in [-0.39, 0.29) is 6.10 Å². The SMILES string of the molecule is CCCNC(Cc1ccc(Cl)c(Cl)c1)C1CN(C)CCO1. The molecule has 118 valence electrons. The van der Waals surface area contributed by atoms with E-state index in [2.05, 4.69) is 24.2 Å². The monoisotopic (exact) mass is 330 g/mol. The van der Waals surface area contributed by atoms with E-state index < -0.39 is 0 Å². The molecule has 1 aromatic rings. The lowest BCUT2D eigenvalue weighted by atomic mass is 10.00. The number of halogens is 2. The molecule has 1 N–H and O–H groups in total. The lowest BCUT2D eigenvalue weighted by Gasteiger charge is -2.35. The van der Waals surface area contributed by atoms with Crippen LogP contribution in [0.5, 0.6) is 0 Å². The van der Waals surface area contributed by atoms with Crippen LogP contribution >= 0.6 is 23.2 Å². The van der Waals surface area contributed by atoms with Gasteiger partial charge in [0.15, 0.2) is 0 Å². The van der Waals surface area contributed by atoms with Gasteiger partial charge in [0, 0.05) is 19.1 Å². The van der Waals surface area contributed by atoms with Crippen LogP contribution in [0.25, 0.3) is 0 Å². The fourth-order valence-electron chi connectivity index (χ4n) is 2.64. The highest BCUT2D eigenvalue weighted by Crippen LogP contribution is 2.24. The maximum Gasteiger partial charge on any atom is 0.0858 e. The molecule has 0 saturated carbocycles. The largest absolute Gasteiger partial charge is 0.374 e. The molecule has 0 radical (unpaired) electrons. The minimum absolute atomic E-state index is 0.213. The summed E-state index contributed by atoms with van der Waals surface area (Å²) >= 11 is 12.1. The van der Waals surface area contributed by atoms with Gasteiger partial charge in [0.2, 0.25) is 0 Å². The summed E-state index contributed by atoms with van der Waals surface area (Å²) in [5, 5.41) is 4.83. The van der Waals surface area contributed by atoms with Gasteiger partial charge in [-0.1, -0.05) is 36.2 Å². The van der Waals surface area contributed by atoms with Gasteiger partial charge in [-0.3, -0.25) is 0 Å². The number of hydrogen-bond acceptors (Lipinski definition) is 3. The molecule has 0 spiro atoms. The third-order valence-electron chi connectivity index (χ3n) is 3.84. The zero-order valence-corrected chi connectivity index (χ0v) is 14.3. The van der Waals surface area contributed by atoms with Gasteiger partial charge in [0.05, 0.1) is 22.8 Å². The van der Waals surface area contributed by atoms with Crippen LogP contribution in [0.3, 0.4) is 0 Å². The first-order valence-corrected chi connectivity index (χ1v) is 8.33. The molecule has 1 aliphatic rings. The second-order valence-electron chi connectivity index (χ2n) is 5.68. The van der Waals surface area contributed by atoms with E-state index in [1.165, 1.54) is 5.56 Å². The van der Waals surface area contributed by atoms with Gasteiger partial charge in [-0.15, -0.1) is 0 Å². The van der Waals surface area contributed by atoms with E-state index in [1.807, 2.05) is 18.2 Å². The summed E-state index contributed by atoms with van der Waals surface area (Å²) in [5.41, 5.74) is 1.19. The highest BCUT2D eigenvalue weighted by molar-refractivity contribution is 6.42. The summed E-state index contributed by atoms with van der Waals surface area (Å²) in [6.45, 7) is 5.94. The number of hydrogen-bond donors (Lipinski definition) is 1. The van der Waals surface area contributed by atoms with Gasteiger partial charge >= 0.3 is 0 Å². The highest BCUT2D eigenvalue weighted by Gasteiger charge is 2.26. The van der Waals surface area contributed by atoms with E-state index in [9.17, 15) is 0 Å². The van der Waals surface area contributed by atoms with Crippen molar-refractivity contribution < 1.29 is 4.74 Å². The molecule has 1 aliphatic heterocycles. The molecule has 1 aromatic carbocycles. The first kappa shape index (κ1) is 17.0. The second-order valence-corrected chi connectivity index (χ2v) is 6.50. The lowest BCUT2D eigenvalue weighted by Crippen LogP contribution is -2.52. The molecule has 1 fully saturated rings. The minimum atomic E-state index is 0.213. The van der Waals surface area contributed by atoms with Crippen LogP contribution < -0.4 is 5.32 Å². The van der Waals surface area contributed by atoms with Crippen LogP contribution in [0.15, 0.2) is 18.2 Å². The molecule has 2 unspecified atom stereocenters. The third kappa shape index (κ3) is 5.11. The molecule has 21 heavy (non-hydrogen) atoms. The molecule has 0 amide bonds. The molecular formula is C16H24Cl2N2O. The number of ether oxygens (including phenoxy) is 1. The molecule has 2 atom stereocenters. The van der Waals surface area contributed by atoms with E-state index in [1.54, 1.807) is 0 Å². The standard InChI is InChI=1S/C16H24Cl2N2O/c1-3-6-19-15(16-11-20(2)7-8-21-16)10-12-4-5-13(17)14(18)9-12/h4-5,9,15-16,19H,3,6-8,10-11H2,1-2H3. The van der Waals surface area contributed by atoms with Crippen LogP contribution in [0.2, 0.25) is 10.0 Å². The quantitative estimate of drug-likeness (QED) is 0.866. The predicted molar refractivity (Wildman–Crippen MR) is 89.5 cm³/mol. The second kappa shape index (κ2) is 8.35. The number of benzene rings is 1. The minimum Gasteiger partial charge on any atom is -0.374 e. The molecule has 0 bridgehead atoms. The van der Waals surface area contributed by atoms with E-state index in [0.717, 1.165) is 39.1 Å². The number of likely N-dealkylation sites (N-methyl/N-ethyl adjacent to an activating group) is 1. The van der Waals surface area contributed by atoms with Crippen molar-refractivity contribution in [1.29, 1.82) is 0 Å². The van der Waals surface area contributed by atoms with Gasteiger partial charge in [-0.25, -0.2) is 0 Å². The first-order valence-electron chi connectivity index (χ1n) is 7.57. The van der Waals surface area contributed by atoms with Crippen molar-refractivity contribution in [2.24, 2.45) is 0 Å². The van der Waals surface area contributed by atoms with Gasteiger partial charge in [0.25, 0.3) is 0 Å². The van der Waals surface area contributed by atoms with E-state index in [4.69, 9.17) is 27.9 Å². The van der Waals surface area contributed by atoms with Crippen LogP contribution in [0, 0.1) is 0 Å². The van der Waals surface area contributed by atoms with Crippen molar-refractivity contribution in [2.75, 3.05) is 33.3 Å². The Hall–Kier alpha value is -0.320.